The number of benzene rings is 2. The molecule has 148 valence electrons. The Balaban J connectivity index is 1.61. The van der Waals surface area contributed by atoms with E-state index in [1.54, 1.807) is 24.3 Å². The third-order valence-electron chi connectivity index (χ3n) is 5.34. The minimum absolute atomic E-state index is 0.0157. The molecule has 1 aromatic heterocycles. The highest BCUT2D eigenvalue weighted by molar-refractivity contribution is 6.12. The minimum atomic E-state index is -0.380. The third-order valence-corrected chi connectivity index (χ3v) is 5.34. The summed E-state index contributed by atoms with van der Waals surface area (Å²) in [6, 6.07) is 13.8. The molecule has 1 saturated heterocycles. The summed E-state index contributed by atoms with van der Waals surface area (Å²) in [4.78, 5) is 42.3. The van der Waals surface area contributed by atoms with Crippen LogP contribution in [-0.4, -0.2) is 34.8 Å². The van der Waals surface area contributed by atoms with Gasteiger partial charge in [0.25, 0.3) is 11.8 Å². The maximum Gasteiger partial charge on any atom is 0.256 e. The molecule has 0 unspecified atom stereocenters. The normalized spacial score (nSPS) is 14.0. The van der Waals surface area contributed by atoms with Crippen LogP contribution in [0.5, 0.6) is 0 Å². The van der Waals surface area contributed by atoms with Gasteiger partial charge in [0, 0.05) is 35.8 Å². The number of carbonyl (C=O) groups is 2. The standard InChI is InChI=1S/C23H23N3O3/c1-15-7-5-10-18-19(14-20(27)25-21(15)18)22(28)24-17-9-6-8-16(13-17)23(29)26-11-3-2-4-12-26/h5-10,13-14H,2-4,11-12H2,1H3,(H,24,28)(H,25,27). The molecule has 0 spiro atoms. The van der Waals surface area contributed by atoms with Crippen LogP contribution in [0.25, 0.3) is 10.9 Å². The highest BCUT2D eigenvalue weighted by Gasteiger charge is 2.19. The van der Waals surface area contributed by atoms with Crippen LogP contribution >= 0.6 is 0 Å². The average Bonchev–Trinajstić information content (AvgIpc) is 2.74. The van der Waals surface area contributed by atoms with Crippen LogP contribution in [-0.2, 0) is 0 Å². The van der Waals surface area contributed by atoms with Crippen molar-refractivity contribution in [1.29, 1.82) is 0 Å². The molecule has 2 N–H and O–H groups in total. The topological polar surface area (TPSA) is 82.3 Å². The minimum Gasteiger partial charge on any atom is -0.339 e. The molecule has 29 heavy (non-hydrogen) atoms. The quantitative estimate of drug-likeness (QED) is 0.716. The summed E-state index contributed by atoms with van der Waals surface area (Å²) >= 11 is 0. The van der Waals surface area contributed by atoms with Crippen LogP contribution in [0.4, 0.5) is 5.69 Å². The number of aryl methyl sites for hydroxylation is 1. The monoisotopic (exact) mass is 389 g/mol. The summed E-state index contributed by atoms with van der Waals surface area (Å²) in [6.07, 6.45) is 3.21. The van der Waals surface area contributed by atoms with Gasteiger partial charge in [-0.15, -0.1) is 0 Å². The Morgan fingerprint density at radius 3 is 2.55 bits per heavy atom. The third kappa shape index (κ3) is 3.92. The number of carbonyl (C=O) groups excluding carboxylic acids is 2. The number of aromatic amines is 1. The maximum absolute atomic E-state index is 12.9. The van der Waals surface area contributed by atoms with E-state index in [1.807, 2.05) is 30.0 Å². The number of hydrogen-bond acceptors (Lipinski definition) is 3. The van der Waals surface area contributed by atoms with Crippen molar-refractivity contribution in [2.75, 3.05) is 18.4 Å². The molecule has 1 fully saturated rings. The van der Waals surface area contributed by atoms with Crippen LogP contribution in [0.1, 0.15) is 45.5 Å². The van der Waals surface area contributed by atoms with Gasteiger partial charge in [-0.05, 0) is 49.9 Å². The highest BCUT2D eigenvalue weighted by Crippen LogP contribution is 2.21. The van der Waals surface area contributed by atoms with E-state index in [-0.39, 0.29) is 17.4 Å². The lowest BCUT2D eigenvalue weighted by atomic mass is 10.0. The molecule has 2 heterocycles. The van der Waals surface area contributed by atoms with Crippen molar-refractivity contribution in [2.24, 2.45) is 0 Å². The second kappa shape index (κ2) is 7.91. The van der Waals surface area contributed by atoms with E-state index in [1.165, 1.54) is 6.07 Å². The first kappa shape index (κ1) is 18.9. The first-order valence-electron chi connectivity index (χ1n) is 9.86. The molecule has 0 saturated carbocycles. The highest BCUT2D eigenvalue weighted by atomic mass is 16.2. The summed E-state index contributed by atoms with van der Waals surface area (Å²) in [5, 5.41) is 3.52. The van der Waals surface area contributed by atoms with E-state index >= 15 is 0 Å². The number of likely N-dealkylation sites (tertiary alicyclic amines) is 1. The largest absolute Gasteiger partial charge is 0.339 e. The van der Waals surface area contributed by atoms with Gasteiger partial charge in [-0.1, -0.05) is 24.3 Å². The molecular formula is C23H23N3O3. The maximum atomic E-state index is 12.9. The molecule has 6 heteroatoms. The number of fused-ring (bicyclic) bond motifs is 1. The van der Waals surface area contributed by atoms with Crippen LogP contribution in [0.2, 0.25) is 0 Å². The van der Waals surface area contributed by atoms with Gasteiger partial charge in [-0.2, -0.15) is 0 Å². The Morgan fingerprint density at radius 2 is 1.76 bits per heavy atom. The van der Waals surface area contributed by atoms with E-state index in [0.29, 0.717) is 27.7 Å². The smallest absolute Gasteiger partial charge is 0.256 e. The lowest BCUT2D eigenvalue weighted by molar-refractivity contribution is 0.0724. The summed E-state index contributed by atoms with van der Waals surface area (Å²) < 4.78 is 0. The zero-order valence-corrected chi connectivity index (χ0v) is 16.3. The Kier molecular flexibility index (Phi) is 5.16. The molecule has 1 aliphatic rings. The van der Waals surface area contributed by atoms with Crippen molar-refractivity contribution < 1.29 is 9.59 Å². The number of hydrogen-bond donors (Lipinski definition) is 2. The predicted octanol–water partition coefficient (Wildman–Crippen LogP) is 3.71. The van der Waals surface area contributed by atoms with Gasteiger partial charge < -0.3 is 15.2 Å². The second-order valence-corrected chi connectivity index (χ2v) is 7.43. The number of piperidine rings is 1. The van der Waals surface area contributed by atoms with Crippen molar-refractivity contribution in [1.82, 2.24) is 9.88 Å². The first-order chi connectivity index (χ1) is 14.0. The molecule has 4 rings (SSSR count). The van der Waals surface area contributed by atoms with Crippen LogP contribution in [0.15, 0.2) is 53.3 Å². The predicted molar refractivity (Wildman–Crippen MR) is 113 cm³/mol. The number of rotatable bonds is 3. The summed E-state index contributed by atoms with van der Waals surface area (Å²) in [5.41, 5.74) is 2.60. The summed E-state index contributed by atoms with van der Waals surface area (Å²) in [6.45, 7) is 3.43. The first-order valence-corrected chi connectivity index (χ1v) is 9.86. The molecule has 0 bridgehead atoms. The van der Waals surface area contributed by atoms with E-state index in [0.717, 1.165) is 37.9 Å². The average molecular weight is 389 g/mol. The van der Waals surface area contributed by atoms with Crippen molar-refractivity contribution in [2.45, 2.75) is 26.2 Å². The number of nitrogens with zero attached hydrogens (tertiary/aromatic N) is 1. The molecular weight excluding hydrogens is 366 g/mol. The van der Waals surface area contributed by atoms with Crippen molar-refractivity contribution in [3.05, 3.63) is 75.6 Å². The number of anilines is 1. The van der Waals surface area contributed by atoms with Crippen molar-refractivity contribution >= 4 is 28.4 Å². The fraction of sp³-hybridized carbons (Fsp3) is 0.261. The number of pyridine rings is 1. The van der Waals surface area contributed by atoms with E-state index < -0.39 is 0 Å². The van der Waals surface area contributed by atoms with Gasteiger partial charge in [0.15, 0.2) is 0 Å². The summed E-state index contributed by atoms with van der Waals surface area (Å²) in [5.74, 6) is -0.396. The Labute approximate surface area is 168 Å². The lowest BCUT2D eigenvalue weighted by Crippen LogP contribution is -2.35. The zero-order valence-electron chi connectivity index (χ0n) is 16.3. The lowest BCUT2D eigenvalue weighted by Gasteiger charge is -2.26. The van der Waals surface area contributed by atoms with Gasteiger partial charge in [0.2, 0.25) is 5.56 Å². The number of H-pyrrole nitrogens is 1. The molecule has 2 aromatic carbocycles. The molecule has 0 radical (unpaired) electrons. The second-order valence-electron chi connectivity index (χ2n) is 7.43. The molecule has 0 aliphatic carbocycles. The zero-order chi connectivity index (χ0) is 20.4. The van der Waals surface area contributed by atoms with E-state index in [2.05, 4.69) is 10.3 Å². The fourth-order valence-electron chi connectivity index (χ4n) is 3.82. The van der Waals surface area contributed by atoms with Gasteiger partial charge in [-0.25, -0.2) is 0 Å². The Hall–Kier alpha value is -3.41. The Morgan fingerprint density at radius 1 is 1.00 bits per heavy atom. The van der Waals surface area contributed by atoms with E-state index in [4.69, 9.17) is 0 Å². The molecule has 2 amide bonds. The van der Waals surface area contributed by atoms with Gasteiger partial charge in [0.1, 0.15) is 0 Å². The number of aromatic nitrogens is 1. The van der Waals surface area contributed by atoms with Gasteiger partial charge in [0.05, 0.1) is 11.1 Å². The van der Waals surface area contributed by atoms with Crippen molar-refractivity contribution in [3.63, 3.8) is 0 Å². The number of para-hydroxylation sites is 1. The number of amides is 2. The van der Waals surface area contributed by atoms with Gasteiger partial charge in [-0.3, -0.25) is 14.4 Å². The SMILES string of the molecule is Cc1cccc2c(C(=O)Nc3cccc(C(=O)N4CCCCC4)c3)cc(=O)[nH]c12. The molecule has 0 atom stereocenters. The van der Waals surface area contributed by atoms with Gasteiger partial charge >= 0.3 is 0 Å². The molecule has 1 aliphatic heterocycles. The fourth-order valence-corrected chi connectivity index (χ4v) is 3.82. The van der Waals surface area contributed by atoms with Crippen molar-refractivity contribution in [3.8, 4) is 0 Å². The van der Waals surface area contributed by atoms with Crippen LogP contribution in [0.3, 0.4) is 0 Å². The van der Waals surface area contributed by atoms with Crippen LogP contribution < -0.4 is 10.9 Å². The van der Waals surface area contributed by atoms with E-state index in [9.17, 15) is 14.4 Å². The Bertz CT molecular complexity index is 1140. The molecule has 6 nitrogen and oxygen atoms in total. The molecule has 3 aromatic rings. The summed E-state index contributed by atoms with van der Waals surface area (Å²) in [7, 11) is 0. The number of nitrogens with one attached hydrogen (secondary N) is 2. The van der Waals surface area contributed by atoms with Crippen LogP contribution in [0, 0.1) is 6.92 Å².